The van der Waals surface area contributed by atoms with Crippen LogP contribution in [0.2, 0.25) is 0 Å². The molecule has 0 bridgehead atoms. The number of aromatic nitrogens is 1. The second-order valence-corrected chi connectivity index (χ2v) is 8.67. The average Bonchev–Trinajstić information content (AvgIpc) is 2.78. The number of Topliss-reactive ketones (excluding diaryl/α,β-unsaturated/α-hetero) is 1. The number of carbonyl (C=O) groups is 1. The first kappa shape index (κ1) is 23.0. The van der Waals surface area contributed by atoms with Gasteiger partial charge in [0.1, 0.15) is 11.3 Å². The van der Waals surface area contributed by atoms with E-state index in [1.54, 1.807) is 13.0 Å². The molecule has 0 spiro atoms. The fourth-order valence-corrected chi connectivity index (χ4v) is 4.58. The molecule has 1 fully saturated rings. The van der Waals surface area contributed by atoms with E-state index in [-0.39, 0.29) is 5.78 Å². The van der Waals surface area contributed by atoms with E-state index < -0.39 is 5.63 Å². The molecule has 0 N–H and O–H groups in total. The third-order valence-corrected chi connectivity index (χ3v) is 6.25. The number of ketones is 1. The molecule has 174 valence electrons. The van der Waals surface area contributed by atoms with Crippen LogP contribution in [0.3, 0.4) is 0 Å². The highest BCUT2D eigenvalue weighted by Crippen LogP contribution is 2.34. The van der Waals surface area contributed by atoms with Gasteiger partial charge in [0.2, 0.25) is 0 Å². The van der Waals surface area contributed by atoms with Crippen molar-refractivity contribution in [2.45, 2.75) is 33.6 Å². The zero-order valence-electron chi connectivity index (χ0n) is 19.6. The summed E-state index contributed by atoms with van der Waals surface area (Å²) in [4.78, 5) is 33.1. The summed E-state index contributed by atoms with van der Waals surface area (Å²) in [6.07, 6.45) is 5.58. The van der Waals surface area contributed by atoms with Gasteiger partial charge in [0, 0.05) is 50.3 Å². The van der Waals surface area contributed by atoms with E-state index in [1.807, 2.05) is 26.2 Å². The number of unbranched alkanes of at least 4 members (excludes halogenated alkanes) is 1. The number of hydrogen-bond acceptors (Lipinski definition) is 7. The minimum absolute atomic E-state index is 0.0536. The molecule has 1 aliphatic rings. The predicted molar refractivity (Wildman–Crippen MR) is 130 cm³/mol. The highest BCUT2D eigenvalue weighted by Gasteiger charge is 2.20. The molecule has 0 radical (unpaired) electrons. The lowest BCUT2D eigenvalue weighted by atomic mass is 9.98. The molecular weight excluding hydrogens is 418 g/mol. The van der Waals surface area contributed by atoms with Crippen LogP contribution in [0, 0.1) is 13.8 Å². The molecular formula is C26H31N3O4. The topological polar surface area (TPSA) is 75.9 Å². The van der Waals surface area contributed by atoms with Crippen LogP contribution in [-0.4, -0.2) is 55.0 Å². The van der Waals surface area contributed by atoms with Gasteiger partial charge in [0.05, 0.1) is 17.6 Å². The van der Waals surface area contributed by atoms with Crippen molar-refractivity contribution >= 4 is 22.4 Å². The third kappa shape index (κ3) is 5.25. The van der Waals surface area contributed by atoms with E-state index in [1.165, 1.54) is 11.8 Å². The lowest BCUT2D eigenvalue weighted by Crippen LogP contribution is -2.46. The lowest BCUT2D eigenvalue weighted by molar-refractivity contribution is 0.101. The monoisotopic (exact) mass is 449 g/mol. The number of hydrogen-bond donors (Lipinski definition) is 0. The van der Waals surface area contributed by atoms with Crippen LogP contribution in [0.5, 0.6) is 5.75 Å². The van der Waals surface area contributed by atoms with E-state index in [0.717, 1.165) is 56.7 Å². The van der Waals surface area contributed by atoms with Crippen LogP contribution in [0.4, 0.5) is 5.69 Å². The minimum atomic E-state index is -0.398. The predicted octanol–water partition coefficient (Wildman–Crippen LogP) is 3.99. The number of aryl methyl sites for hydroxylation is 2. The molecule has 7 nitrogen and oxygen atoms in total. The molecule has 2 aromatic heterocycles. The van der Waals surface area contributed by atoms with Gasteiger partial charge in [0.25, 0.3) is 0 Å². The number of ether oxygens (including phenoxy) is 1. The molecule has 0 unspecified atom stereocenters. The summed E-state index contributed by atoms with van der Waals surface area (Å²) in [6.45, 7) is 10.9. The Morgan fingerprint density at radius 2 is 1.79 bits per heavy atom. The Labute approximate surface area is 194 Å². The molecule has 7 heteroatoms. The van der Waals surface area contributed by atoms with Gasteiger partial charge in [-0.2, -0.15) is 0 Å². The number of rotatable bonds is 8. The van der Waals surface area contributed by atoms with E-state index >= 15 is 0 Å². The van der Waals surface area contributed by atoms with Gasteiger partial charge in [-0.25, -0.2) is 4.79 Å². The fraction of sp³-hybridized carbons (Fsp3) is 0.423. The van der Waals surface area contributed by atoms with E-state index in [0.29, 0.717) is 28.9 Å². The van der Waals surface area contributed by atoms with Gasteiger partial charge >= 0.3 is 5.63 Å². The number of nitrogens with zero attached hydrogens (tertiary/aromatic N) is 3. The molecule has 3 aromatic rings. The Bertz CT molecular complexity index is 1180. The van der Waals surface area contributed by atoms with Gasteiger partial charge in [-0.15, -0.1) is 0 Å². The van der Waals surface area contributed by atoms with Gasteiger partial charge < -0.3 is 14.1 Å². The molecule has 0 atom stereocenters. The molecule has 3 heterocycles. The van der Waals surface area contributed by atoms with Gasteiger partial charge in [-0.1, -0.05) is 0 Å². The largest absolute Gasteiger partial charge is 0.492 e. The highest BCUT2D eigenvalue weighted by atomic mass is 16.5. The summed E-state index contributed by atoms with van der Waals surface area (Å²) in [5.74, 6) is 0.479. The average molecular weight is 450 g/mol. The number of benzene rings is 1. The van der Waals surface area contributed by atoms with E-state index in [4.69, 9.17) is 9.15 Å². The maximum Gasteiger partial charge on any atom is 0.336 e. The number of fused-ring (bicyclic) bond motifs is 1. The van der Waals surface area contributed by atoms with Crippen LogP contribution in [0.25, 0.3) is 11.0 Å². The van der Waals surface area contributed by atoms with Crippen molar-refractivity contribution in [2.24, 2.45) is 0 Å². The summed E-state index contributed by atoms with van der Waals surface area (Å²) in [5, 5.41) is 0.706. The molecule has 0 amide bonds. The Kier molecular flexibility index (Phi) is 7.08. The standard InChI is InChI=1S/C26H31N3O4/c1-18-16-22-25(19(2)17-23(31)33-22)26(24(18)20(3)30)32-15-5-4-10-28-11-13-29(14-12-28)21-6-8-27-9-7-21/h6-9,16-17H,4-5,10-15H2,1-3H3. The number of carbonyl (C=O) groups excluding carboxylic acids is 1. The third-order valence-electron chi connectivity index (χ3n) is 6.25. The summed E-state index contributed by atoms with van der Waals surface area (Å²) in [7, 11) is 0. The highest BCUT2D eigenvalue weighted by molar-refractivity contribution is 6.04. The first-order valence-electron chi connectivity index (χ1n) is 11.5. The van der Waals surface area contributed by atoms with Crippen molar-refractivity contribution in [1.29, 1.82) is 0 Å². The molecule has 33 heavy (non-hydrogen) atoms. The molecule has 1 aromatic carbocycles. The van der Waals surface area contributed by atoms with Crippen molar-refractivity contribution in [3.8, 4) is 5.75 Å². The lowest BCUT2D eigenvalue weighted by Gasteiger charge is -2.36. The SMILES string of the molecule is CC(=O)c1c(C)cc2oc(=O)cc(C)c2c1OCCCCN1CCN(c2ccncc2)CC1. The second-order valence-electron chi connectivity index (χ2n) is 8.67. The Balaban J connectivity index is 1.34. The molecule has 4 rings (SSSR count). The first-order valence-corrected chi connectivity index (χ1v) is 11.5. The minimum Gasteiger partial charge on any atom is -0.492 e. The zero-order chi connectivity index (χ0) is 23.4. The van der Waals surface area contributed by atoms with Crippen LogP contribution >= 0.6 is 0 Å². The van der Waals surface area contributed by atoms with Crippen molar-refractivity contribution in [3.05, 3.63) is 63.8 Å². The van der Waals surface area contributed by atoms with Crippen LogP contribution in [-0.2, 0) is 0 Å². The van der Waals surface area contributed by atoms with Crippen LogP contribution in [0.15, 0.2) is 45.9 Å². The first-order chi connectivity index (χ1) is 15.9. The van der Waals surface area contributed by atoms with E-state index in [2.05, 4.69) is 26.9 Å². The fourth-order valence-electron chi connectivity index (χ4n) is 4.58. The molecule has 1 aliphatic heterocycles. The maximum absolute atomic E-state index is 12.3. The maximum atomic E-state index is 12.3. The molecule has 1 saturated heterocycles. The summed E-state index contributed by atoms with van der Waals surface area (Å²) in [6, 6.07) is 7.31. The van der Waals surface area contributed by atoms with Crippen LogP contribution in [0.1, 0.15) is 41.3 Å². The molecule has 0 saturated carbocycles. The number of anilines is 1. The van der Waals surface area contributed by atoms with Gasteiger partial charge in [-0.05, 0) is 69.5 Å². The quantitative estimate of drug-likeness (QED) is 0.292. The number of piperazine rings is 1. The van der Waals surface area contributed by atoms with Gasteiger partial charge in [0.15, 0.2) is 5.78 Å². The second kappa shape index (κ2) is 10.2. The summed E-state index contributed by atoms with van der Waals surface area (Å²) < 4.78 is 11.5. The van der Waals surface area contributed by atoms with Crippen LogP contribution < -0.4 is 15.3 Å². The summed E-state index contributed by atoms with van der Waals surface area (Å²) in [5.41, 5.74) is 3.37. The normalized spacial score (nSPS) is 14.6. The van der Waals surface area contributed by atoms with Crippen molar-refractivity contribution in [3.63, 3.8) is 0 Å². The van der Waals surface area contributed by atoms with Crippen molar-refractivity contribution in [1.82, 2.24) is 9.88 Å². The zero-order valence-corrected chi connectivity index (χ0v) is 19.6. The Hall–Kier alpha value is -3.19. The van der Waals surface area contributed by atoms with E-state index in [9.17, 15) is 9.59 Å². The molecule has 0 aliphatic carbocycles. The van der Waals surface area contributed by atoms with Crippen molar-refractivity contribution in [2.75, 3.05) is 44.2 Å². The number of pyridine rings is 1. The van der Waals surface area contributed by atoms with Crippen molar-refractivity contribution < 1.29 is 13.9 Å². The Morgan fingerprint density at radius 3 is 2.48 bits per heavy atom. The van der Waals surface area contributed by atoms with Gasteiger partial charge in [-0.3, -0.25) is 14.7 Å². The smallest absolute Gasteiger partial charge is 0.336 e. The summed E-state index contributed by atoms with van der Waals surface area (Å²) >= 11 is 0. The Morgan fingerprint density at radius 1 is 1.06 bits per heavy atom.